The Bertz CT molecular complexity index is 133. The molecule has 0 nitrogen and oxygen atoms in total. The van der Waals surface area contributed by atoms with E-state index in [0.717, 1.165) is 6.42 Å². The monoisotopic (exact) mass is 138 g/mol. The highest BCUT2D eigenvalue weighted by Crippen LogP contribution is 2.27. The fourth-order valence-electron chi connectivity index (χ4n) is 1.01. The Morgan fingerprint density at radius 1 is 1.40 bits per heavy atom. The molecule has 0 saturated heterocycles. The zero-order chi connectivity index (χ0) is 8.20. The third kappa shape index (κ3) is 2.86. The standard InChI is InChI=1S/C10H18/c1-6-8-9(7-2)10(3,4)5/h6-7H,1,8H2,2-5H3/b9-7-. The van der Waals surface area contributed by atoms with Crippen molar-refractivity contribution in [2.24, 2.45) is 5.41 Å². The fourth-order valence-corrected chi connectivity index (χ4v) is 1.01. The Labute approximate surface area is 64.6 Å². The number of hydrogen-bond acceptors (Lipinski definition) is 0. The van der Waals surface area contributed by atoms with Crippen LogP contribution in [0, 0.1) is 5.41 Å². The predicted molar refractivity (Wildman–Crippen MR) is 48.0 cm³/mol. The molecule has 0 atom stereocenters. The summed E-state index contributed by atoms with van der Waals surface area (Å²) in [5, 5.41) is 0. The maximum absolute atomic E-state index is 3.72. The fraction of sp³-hybridized carbons (Fsp3) is 0.600. The van der Waals surface area contributed by atoms with Gasteiger partial charge in [0.2, 0.25) is 0 Å². The maximum atomic E-state index is 3.72. The Morgan fingerprint density at radius 2 is 1.90 bits per heavy atom. The van der Waals surface area contributed by atoms with Crippen LogP contribution in [-0.4, -0.2) is 0 Å². The van der Waals surface area contributed by atoms with Gasteiger partial charge < -0.3 is 0 Å². The van der Waals surface area contributed by atoms with Crippen molar-refractivity contribution in [2.45, 2.75) is 34.1 Å². The summed E-state index contributed by atoms with van der Waals surface area (Å²) in [4.78, 5) is 0. The van der Waals surface area contributed by atoms with Crippen LogP contribution < -0.4 is 0 Å². The van der Waals surface area contributed by atoms with E-state index in [1.165, 1.54) is 5.57 Å². The van der Waals surface area contributed by atoms with Crippen LogP contribution in [-0.2, 0) is 0 Å². The maximum Gasteiger partial charge on any atom is -0.0136 e. The molecule has 0 fully saturated rings. The molecule has 0 aliphatic heterocycles. The van der Waals surface area contributed by atoms with E-state index in [2.05, 4.69) is 40.3 Å². The highest BCUT2D eigenvalue weighted by molar-refractivity contribution is 5.12. The molecule has 0 aromatic heterocycles. The third-order valence-corrected chi connectivity index (χ3v) is 1.68. The van der Waals surface area contributed by atoms with Crippen molar-refractivity contribution in [3.63, 3.8) is 0 Å². The quantitative estimate of drug-likeness (QED) is 0.512. The Balaban J connectivity index is 4.23. The summed E-state index contributed by atoms with van der Waals surface area (Å²) in [5.41, 5.74) is 1.77. The van der Waals surface area contributed by atoms with E-state index in [9.17, 15) is 0 Å². The molecule has 0 aliphatic rings. The summed E-state index contributed by atoms with van der Waals surface area (Å²) < 4.78 is 0. The van der Waals surface area contributed by atoms with Gasteiger partial charge in [-0.25, -0.2) is 0 Å². The van der Waals surface area contributed by atoms with Crippen LogP contribution in [0.1, 0.15) is 34.1 Å². The SMILES string of the molecule is C=CC/C(=C/C)C(C)(C)C. The van der Waals surface area contributed by atoms with Crippen LogP contribution in [0.3, 0.4) is 0 Å². The van der Waals surface area contributed by atoms with Gasteiger partial charge in [-0.15, -0.1) is 6.58 Å². The van der Waals surface area contributed by atoms with Gasteiger partial charge in [0.15, 0.2) is 0 Å². The van der Waals surface area contributed by atoms with E-state index in [1.807, 2.05) is 6.08 Å². The lowest BCUT2D eigenvalue weighted by Crippen LogP contribution is -2.08. The second kappa shape index (κ2) is 3.60. The zero-order valence-electron chi connectivity index (χ0n) is 7.57. The van der Waals surface area contributed by atoms with E-state index in [-0.39, 0.29) is 0 Å². The molecule has 0 rings (SSSR count). The van der Waals surface area contributed by atoms with Gasteiger partial charge in [0, 0.05) is 0 Å². The van der Waals surface area contributed by atoms with Gasteiger partial charge >= 0.3 is 0 Å². The first kappa shape index (κ1) is 9.48. The van der Waals surface area contributed by atoms with Crippen LogP contribution in [0.5, 0.6) is 0 Å². The van der Waals surface area contributed by atoms with Crippen LogP contribution >= 0.6 is 0 Å². The van der Waals surface area contributed by atoms with Gasteiger partial charge in [-0.2, -0.15) is 0 Å². The molecule has 0 N–H and O–H groups in total. The normalized spacial score (nSPS) is 13.4. The Morgan fingerprint density at radius 3 is 2.00 bits per heavy atom. The summed E-state index contributed by atoms with van der Waals surface area (Å²) in [6, 6.07) is 0. The first-order chi connectivity index (χ1) is 4.52. The second-order valence-electron chi connectivity index (χ2n) is 3.56. The van der Waals surface area contributed by atoms with Gasteiger partial charge in [0.1, 0.15) is 0 Å². The number of allylic oxidation sites excluding steroid dienone is 3. The first-order valence-corrected chi connectivity index (χ1v) is 3.79. The molecule has 0 bridgehead atoms. The topological polar surface area (TPSA) is 0 Å². The van der Waals surface area contributed by atoms with Crippen LogP contribution in [0.25, 0.3) is 0 Å². The molecule has 0 aromatic rings. The van der Waals surface area contributed by atoms with Crippen molar-refractivity contribution in [3.8, 4) is 0 Å². The zero-order valence-corrected chi connectivity index (χ0v) is 7.57. The molecule has 0 heteroatoms. The van der Waals surface area contributed by atoms with E-state index in [1.54, 1.807) is 0 Å². The van der Waals surface area contributed by atoms with Crippen molar-refractivity contribution in [2.75, 3.05) is 0 Å². The van der Waals surface area contributed by atoms with Crippen LogP contribution in [0.15, 0.2) is 24.3 Å². The second-order valence-corrected chi connectivity index (χ2v) is 3.56. The average Bonchev–Trinajstić information content (AvgIpc) is 1.80. The minimum atomic E-state index is 0.308. The Kier molecular flexibility index (Phi) is 3.41. The highest BCUT2D eigenvalue weighted by Gasteiger charge is 2.13. The molecule has 0 heterocycles. The molecule has 0 spiro atoms. The average molecular weight is 138 g/mol. The molecule has 0 saturated carbocycles. The molecule has 10 heavy (non-hydrogen) atoms. The molecule has 0 amide bonds. The van der Waals surface area contributed by atoms with Crippen molar-refractivity contribution in [1.29, 1.82) is 0 Å². The van der Waals surface area contributed by atoms with Crippen LogP contribution in [0.4, 0.5) is 0 Å². The summed E-state index contributed by atoms with van der Waals surface area (Å²) in [5.74, 6) is 0. The van der Waals surface area contributed by atoms with Crippen molar-refractivity contribution in [3.05, 3.63) is 24.3 Å². The molecule has 0 aromatic carbocycles. The molecular formula is C10H18. The third-order valence-electron chi connectivity index (χ3n) is 1.68. The molecule has 58 valence electrons. The molecule has 0 aliphatic carbocycles. The lowest BCUT2D eigenvalue weighted by molar-refractivity contribution is 0.493. The minimum Gasteiger partial charge on any atom is -0.103 e. The number of rotatable bonds is 2. The van der Waals surface area contributed by atoms with Gasteiger partial charge in [-0.1, -0.05) is 38.5 Å². The smallest absolute Gasteiger partial charge is 0.0136 e. The summed E-state index contributed by atoms with van der Waals surface area (Å²) in [7, 11) is 0. The van der Waals surface area contributed by atoms with E-state index < -0.39 is 0 Å². The molecule has 0 unspecified atom stereocenters. The van der Waals surface area contributed by atoms with Gasteiger partial charge in [0.05, 0.1) is 0 Å². The van der Waals surface area contributed by atoms with E-state index >= 15 is 0 Å². The van der Waals surface area contributed by atoms with Gasteiger partial charge in [0.25, 0.3) is 0 Å². The highest BCUT2D eigenvalue weighted by atomic mass is 14.2. The summed E-state index contributed by atoms with van der Waals surface area (Å²) in [6.07, 6.45) is 5.16. The first-order valence-electron chi connectivity index (χ1n) is 3.79. The van der Waals surface area contributed by atoms with E-state index in [4.69, 9.17) is 0 Å². The van der Waals surface area contributed by atoms with Crippen molar-refractivity contribution < 1.29 is 0 Å². The summed E-state index contributed by atoms with van der Waals surface area (Å²) in [6.45, 7) is 12.5. The van der Waals surface area contributed by atoms with Crippen LogP contribution in [0.2, 0.25) is 0 Å². The predicted octanol–water partition coefficient (Wildman–Crippen LogP) is 3.55. The molecule has 0 radical (unpaired) electrons. The Hall–Kier alpha value is -0.520. The number of hydrogen-bond donors (Lipinski definition) is 0. The summed E-state index contributed by atoms with van der Waals surface area (Å²) >= 11 is 0. The largest absolute Gasteiger partial charge is 0.103 e. The molecular weight excluding hydrogens is 120 g/mol. The van der Waals surface area contributed by atoms with Gasteiger partial charge in [-0.05, 0) is 18.8 Å². The lowest BCUT2D eigenvalue weighted by Gasteiger charge is -2.21. The van der Waals surface area contributed by atoms with Gasteiger partial charge in [-0.3, -0.25) is 0 Å². The lowest BCUT2D eigenvalue weighted by atomic mass is 9.84. The minimum absolute atomic E-state index is 0.308. The van der Waals surface area contributed by atoms with Crippen molar-refractivity contribution in [1.82, 2.24) is 0 Å². The van der Waals surface area contributed by atoms with Crippen molar-refractivity contribution >= 4 is 0 Å². The van der Waals surface area contributed by atoms with E-state index in [0.29, 0.717) is 5.41 Å².